The zero-order chi connectivity index (χ0) is 29.5. The van der Waals surface area contributed by atoms with Gasteiger partial charge in [0.2, 0.25) is 5.95 Å². The van der Waals surface area contributed by atoms with Gasteiger partial charge in [-0.25, -0.2) is 14.8 Å². The first-order valence-electron chi connectivity index (χ1n) is 12.9. The van der Waals surface area contributed by atoms with Gasteiger partial charge in [0.1, 0.15) is 18.3 Å². The number of H-pyrrole nitrogens is 1. The van der Waals surface area contributed by atoms with Crippen LogP contribution in [0, 0.1) is 11.3 Å². The van der Waals surface area contributed by atoms with Gasteiger partial charge in [0.05, 0.1) is 28.1 Å². The number of hydrogen-bond donors (Lipinski definition) is 2. The number of alkyl halides is 3. The minimum absolute atomic E-state index is 0.0149. The molecule has 1 saturated heterocycles. The monoisotopic (exact) mass is 576 g/mol. The molecule has 1 aliphatic heterocycles. The average Bonchev–Trinajstić information content (AvgIpc) is 3.12. The molecule has 0 bridgehead atoms. The summed E-state index contributed by atoms with van der Waals surface area (Å²) < 4.78 is 60.8. The standard InChI is InChI=1S/C27H32F3N6O3P/c1-26(2,3)39-25(37)36-11-7-6-8-17(15-36)34-24-33-14-20(27(28,29)30)21(35-24)19-13-32-22-18(19)10-9-16(12-31)23(22)40(4,5)38/h9-10,13-14,17,32H,6-8,11,15H2,1-5H3,(H,33,34,35)/t17-/m0/s1. The molecule has 1 amide bonds. The Morgan fingerprint density at radius 3 is 2.60 bits per heavy atom. The van der Waals surface area contributed by atoms with Gasteiger partial charge in [-0.2, -0.15) is 18.4 Å². The van der Waals surface area contributed by atoms with E-state index in [1.54, 1.807) is 25.7 Å². The largest absolute Gasteiger partial charge is 0.444 e. The van der Waals surface area contributed by atoms with E-state index in [4.69, 9.17) is 4.74 Å². The number of ether oxygens (including phenoxy) is 1. The summed E-state index contributed by atoms with van der Waals surface area (Å²) in [6.45, 7) is 9.14. The summed E-state index contributed by atoms with van der Waals surface area (Å²) in [4.78, 5) is 25.4. The minimum Gasteiger partial charge on any atom is -0.444 e. The van der Waals surface area contributed by atoms with Crippen molar-refractivity contribution < 1.29 is 27.3 Å². The molecular formula is C27H32F3N6O3P. The van der Waals surface area contributed by atoms with Gasteiger partial charge in [0.15, 0.2) is 0 Å². The summed E-state index contributed by atoms with van der Waals surface area (Å²) in [5.41, 5.74) is -1.38. The lowest BCUT2D eigenvalue weighted by atomic mass is 10.0. The second-order valence-electron chi connectivity index (χ2n) is 11.3. The highest BCUT2D eigenvalue weighted by atomic mass is 31.2. The second kappa shape index (κ2) is 10.8. The van der Waals surface area contributed by atoms with Crippen molar-refractivity contribution in [3.05, 3.63) is 35.7 Å². The molecular weight excluding hydrogens is 544 g/mol. The Kier molecular flexibility index (Phi) is 7.92. The van der Waals surface area contributed by atoms with Crippen LogP contribution in [0.4, 0.5) is 23.9 Å². The number of anilines is 1. The molecule has 214 valence electrons. The highest BCUT2D eigenvalue weighted by Crippen LogP contribution is 2.43. The number of aromatic amines is 1. The van der Waals surface area contributed by atoms with Crippen molar-refractivity contribution in [1.82, 2.24) is 19.9 Å². The fourth-order valence-corrected chi connectivity index (χ4v) is 6.26. The smallest absolute Gasteiger partial charge is 0.419 e. The van der Waals surface area contributed by atoms with Gasteiger partial charge < -0.3 is 24.5 Å². The van der Waals surface area contributed by atoms with E-state index in [0.29, 0.717) is 23.9 Å². The number of nitriles is 1. The van der Waals surface area contributed by atoms with Gasteiger partial charge in [0.25, 0.3) is 0 Å². The molecule has 3 aromatic rings. The topological polar surface area (TPSA) is 124 Å². The van der Waals surface area contributed by atoms with E-state index in [1.807, 2.05) is 6.07 Å². The van der Waals surface area contributed by atoms with E-state index in [2.05, 4.69) is 20.3 Å². The second-order valence-corrected chi connectivity index (χ2v) is 14.4. The van der Waals surface area contributed by atoms with E-state index in [9.17, 15) is 27.8 Å². The van der Waals surface area contributed by atoms with Crippen LogP contribution in [-0.4, -0.2) is 64.0 Å². The van der Waals surface area contributed by atoms with Crippen molar-refractivity contribution >= 4 is 35.4 Å². The lowest BCUT2D eigenvalue weighted by Crippen LogP contribution is -2.42. The van der Waals surface area contributed by atoms with E-state index in [1.165, 1.54) is 31.7 Å². The fourth-order valence-electron chi connectivity index (χ4n) is 4.83. The molecule has 1 aromatic carbocycles. The molecule has 1 fully saturated rings. The van der Waals surface area contributed by atoms with Crippen LogP contribution in [0.2, 0.25) is 0 Å². The number of amides is 1. The first kappa shape index (κ1) is 29.4. The van der Waals surface area contributed by atoms with Crippen LogP contribution in [-0.2, 0) is 15.5 Å². The third kappa shape index (κ3) is 6.41. The number of nitrogens with zero attached hydrogens (tertiary/aromatic N) is 4. The molecule has 1 atom stereocenters. The third-order valence-corrected chi connectivity index (χ3v) is 8.03. The van der Waals surface area contributed by atoms with Crippen molar-refractivity contribution in [1.29, 1.82) is 5.26 Å². The lowest BCUT2D eigenvalue weighted by Gasteiger charge is -2.28. The molecule has 13 heteroatoms. The third-order valence-electron chi connectivity index (χ3n) is 6.49. The summed E-state index contributed by atoms with van der Waals surface area (Å²) >= 11 is 0. The number of fused-ring (bicyclic) bond motifs is 1. The lowest BCUT2D eigenvalue weighted by molar-refractivity contribution is -0.137. The van der Waals surface area contributed by atoms with Gasteiger partial charge in [-0.05, 0) is 59.4 Å². The van der Waals surface area contributed by atoms with Crippen molar-refractivity contribution in [2.45, 2.75) is 57.9 Å². The molecule has 0 unspecified atom stereocenters. The van der Waals surface area contributed by atoms with Crippen LogP contribution < -0.4 is 10.6 Å². The van der Waals surface area contributed by atoms with Crippen molar-refractivity contribution in [2.24, 2.45) is 0 Å². The molecule has 40 heavy (non-hydrogen) atoms. The number of carbonyl (C=O) groups is 1. The van der Waals surface area contributed by atoms with Crippen LogP contribution in [0.3, 0.4) is 0 Å². The zero-order valence-corrected chi connectivity index (χ0v) is 23.9. The molecule has 1 aliphatic rings. The average molecular weight is 577 g/mol. The SMILES string of the molecule is CC(C)(C)OC(=O)N1CCCC[C@H](Nc2ncc(C(F)(F)F)c(-c3c[nH]c4c(P(C)(C)=O)c(C#N)ccc34)n2)C1. The van der Waals surface area contributed by atoms with E-state index in [0.717, 1.165) is 19.0 Å². The fraction of sp³-hybridized carbons (Fsp3) is 0.481. The molecule has 4 rings (SSSR count). The Morgan fingerprint density at radius 2 is 1.98 bits per heavy atom. The van der Waals surface area contributed by atoms with Crippen molar-refractivity contribution in [3.63, 3.8) is 0 Å². The summed E-state index contributed by atoms with van der Waals surface area (Å²) in [5.74, 6) is -0.0149. The van der Waals surface area contributed by atoms with E-state index < -0.39 is 30.6 Å². The van der Waals surface area contributed by atoms with Gasteiger partial charge in [-0.1, -0.05) is 6.07 Å². The van der Waals surface area contributed by atoms with Crippen LogP contribution >= 0.6 is 7.14 Å². The van der Waals surface area contributed by atoms with Crippen LogP contribution in [0.1, 0.15) is 51.2 Å². The summed E-state index contributed by atoms with van der Waals surface area (Å²) in [7, 11) is -2.97. The Hall–Kier alpha value is -3.58. The van der Waals surface area contributed by atoms with E-state index in [-0.39, 0.29) is 40.7 Å². The van der Waals surface area contributed by atoms with Crippen LogP contribution in [0.5, 0.6) is 0 Å². The molecule has 9 nitrogen and oxygen atoms in total. The molecule has 0 aliphatic carbocycles. The zero-order valence-electron chi connectivity index (χ0n) is 23.0. The number of carbonyl (C=O) groups excluding carboxylic acids is 1. The number of nitrogens with one attached hydrogen (secondary N) is 2. The maximum atomic E-state index is 14.1. The highest BCUT2D eigenvalue weighted by Gasteiger charge is 2.37. The predicted octanol–water partition coefficient (Wildman–Crippen LogP) is 5.96. The normalized spacial score (nSPS) is 16.9. The highest BCUT2D eigenvalue weighted by molar-refractivity contribution is 7.70. The number of halogens is 3. The molecule has 0 saturated carbocycles. The summed E-state index contributed by atoms with van der Waals surface area (Å²) in [6, 6.07) is 4.69. The van der Waals surface area contributed by atoms with E-state index >= 15 is 0 Å². The molecule has 2 N–H and O–H groups in total. The number of likely N-dealkylation sites (tertiary alicyclic amines) is 1. The molecule has 0 radical (unpaired) electrons. The first-order valence-corrected chi connectivity index (χ1v) is 15.5. The Morgan fingerprint density at radius 1 is 1.25 bits per heavy atom. The summed E-state index contributed by atoms with van der Waals surface area (Å²) in [6.07, 6.45) is -0.862. The number of rotatable bonds is 4. The number of aromatic nitrogens is 3. The quantitative estimate of drug-likeness (QED) is 0.367. The van der Waals surface area contributed by atoms with Crippen LogP contribution in [0.25, 0.3) is 22.2 Å². The predicted molar refractivity (Wildman–Crippen MR) is 147 cm³/mol. The summed E-state index contributed by atoms with van der Waals surface area (Å²) in [5, 5.41) is 13.3. The van der Waals surface area contributed by atoms with Gasteiger partial charge >= 0.3 is 12.3 Å². The maximum absolute atomic E-state index is 14.1. The van der Waals surface area contributed by atoms with Gasteiger partial charge in [0, 0.05) is 42.5 Å². The van der Waals surface area contributed by atoms with Crippen molar-refractivity contribution in [2.75, 3.05) is 31.7 Å². The first-order chi connectivity index (χ1) is 18.6. The number of hydrogen-bond acceptors (Lipinski definition) is 7. The van der Waals surface area contributed by atoms with Gasteiger partial charge in [-0.15, -0.1) is 0 Å². The number of benzene rings is 1. The molecule has 2 aromatic heterocycles. The maximum Gasteiger partial charge on any atom is 0.419 e. The van der Waals surface area contributed by atoms with Crippen LogP contribution in [0.15, 0.2) is 24.5 Å². The molecule has 3 heterocycles. The molecule has 0 spiro atoms. The van der Waals surface area contributed by atoms with Crippen molar-refractivity contribution in [3.8, 4) is 17.3 Å². The minimum atomic E-state index is -4.74. The Labute approximate surface area is 230 Å². The Bertz CT molecular complexity index is 1520. The van der Waals surface area contributed by atoms with Gasteiger partial charge in [-0.3, -0.25) is 0 Å². The Balaban J connectivity index is 1.74.